The predicted octanol–water partition coefficient (Wildman–Crippen LogP) is 3.64. The van der Waals surface area contributed by atoms with Crippen LogP contribution in [0.2, 0.25) is 0 Å². The maximum atomic E-state index is 12.5. The molecule has 1 amide bonds. The highest BCUT2D eigenvalue weighted by atomic mass is 19.4. The van der Waals surface area contributed by atoms with Crippen LogP contribution in [0.3, 0.4) is 0 Å². The molecule has 1 N–H and O–H groups in total. The molecule has 2 aromatic heterocycles. The van der Waals surface area contributed by atoms with Crippen LogP contribution < -0.4 is 10.2 Å². The van der Waals surface area contributed by atoms with E-state index in [1.807, 2.05) is 31.1 Å². The van der Waals surface area contributed by atoms with Gasteiger partial charge in [0.15, 0.2) is 0 Å². The first-order valence-corrected chi connectivity index (χ1v) is 8.75. The molecule has 11 heteroatoms. The minimum absolute atomic E-state index is 0.0743. The largest absolute Gasteiger partial charge is 0.471 e. The lowest BCUT2D eigenvalue weighted by Crippen LogP contribution is -2.23. The van der Waals surface area contributed by atoms with Gasteiger partial charge in [-0.1, -0.05) is 35.5 Å². The standard InChI is InChI=1S/C19H18F3N5O3/c1-27(2)15-8-5-13(10-23-15)11-29-18(28)24-9-12-3-6-14(7-4-12)16-25-17(30-26-16)19(20,21)22/h3-8,10H,9,11H2,1-2H3,(H,24,28). The van der Waals surface area contributed by atoms with Crippen LogP contribution in [-0.2, 0) is 24.1 Å². The van der Waals surface area contributed by atoms with Gasteiger partial charge in [-0.15, -0.1) is 0 Å². The van der Waals surface area contributed by atoms with E-state index in [2.05, 4.69) is 25.0 Å². The fraction of sp³-hybridized carbons (Fsp3) is 0.263. The van der Waals surface area contributed by atoms with E-state index < -0.39 is 18.2 Å². The van der Waals surface area contributed by atoms with Crippen molar-refractivity contribution in [1.82, 2.24) is 20.4 Å². The Kier molecular flexibility index (Phi) is 6.19. The fourth-order valence-corrected chi connectivity index (χ4v) is 2.37. The number of alkyl halides is 3. The third-order valence-electron chi connectivity index (χ3n) is 3.95. The van der Waals surface area contributed by atoms with Crippen LogP contribution in [0.15, 0.2) is 47.1 Å². The van der Waals surface area contributed by atoms with Crippen molar-refractivity contribution in [1.29, 1.82) is 0 Å². The summed E-state index contributed by atoms with van der Waals surface area (Å²) in [5, 5.41) is 5.92. The quantitative estimate of drug-likeness (QED) is 0.649. The normalized spacial score (nSPS) is 11.2. The Bertz CT molecular complexity index is 986. The Morgan fingerprint density at radius 2 is 1.83 bits per heavy atom. The van der Waals surface area contributed by atoms with Crippen molar-refractivity contribution in [3.63, 3.8) is 0 Å². The number of anilines is 1. The first-order chi connectivity index (χ1) is 14.2. The topological polar surface area (TPSA) is 93.4 Å². The van der Waals surface area contributed by atoms with Gasteiger partial charge in [-0.2, -0.15) is 18.2 Å². The molecular formula is C19H18F3N5O3. The number of hydrogen-bond acceptors (Lipinski definition) is 7. The molecule has 158 valence electrons. The van der Waals surface area contributed by atoms with Crippen LogP contribution >= 0.6 is 0 Å². The maximum absolute atomic E-state index is 12.5. The molecule has 3 aromatic rings. The fourth-order valence-electron chi connectivity index (χ4n) is 2.37. The summed E-state index contributed by atoms with van der Waals surface area (Å²) in [7, 11) is 3.75. The summed E-state index contributed by atoms with van der Waals surface area (Å²) in [5.74, 6) is -0.783. The molecular weight excluding hydrogens is 403 g/mol. The number of benzene rings is 1. The van der Waals surface area contributed by atoms with Gasteiger partial charge in [0.1, 0.15) is 12.4 Å². The minimum Gasteiger partial charge on any atom is -0.445 e. The van der Waals surface area contributed by atoms with E-state index in [-0.39, 0.29) is 19.0 Å². The van der Waals surface area contributed by atoms with Gasteiger partial charge in [0.2, 0.25) is 5.82 Å². The Labute approximate surface area is 169 Å². The second-order valence-corrected chi connectivity index (χ2v) is 6.47. The van der Waals surface area contributed by atoms with Crippen LogP contribution in [0.5, 0.6) is 0 Å². The van der Waals surface area contributed by atoms with Gasteiger partial charge in [-0.3, -0.25) is 0 Å². The highest BCUT2D eigenvalue weighted by molar-refractivity contribution is 5.67. The number of alkyl carbamates (subject to hydrolysis) is 1. The highest BCUT2D eigenvalue weighted by Gasteiger charge is 2.38. The van der Waals surface area contributed by atoms with Gasteiger partial charge in [0.05, 0.1) is 0 Å². The van der Waals surface area contributed by atoms with Crippen LogP contribution in [0.25, 0.3) is 11.4 Å². The summed E-state index contributed by atoms with van der Waals surface area (Å²) in [5.41, 5.74) is 1.82. The van der Waals surface area contributed by atoms with Gasteiger partial charge in [-0.05, 0) is 11.6 Å². The molecule has 0 saturated carbocycles. The van der Waals surface area contributed by atoms with Crippen molar-refractivity contribution in [2.24, 2.45) is 0 Å². The van der Waals surface area contributed by atoms with Crippen LogP contribution in [0, 0.1) is 0 Å². The number of aromatic nitrogens is 3. The lowest BCUT2D eigenvalue weighted by molar-refractivity contribution is -0.159. The summed E-state index contributed by atoms with van der Waals surface area (Å²) in [6, 6.07) is 9.96. The van der Waals surface area contributed by atoms with Crippen LogP contribution in [0.1, 0.15) is 17.0 Å². The maximum Gasteiger partial charge on any atom is 0.471 e. The van der Waals surface area contributed by atoms with Gasteiger partial charge < -0.3 is 19.5 Å². The van der Waals surface area contributed by atoms with Gasteiger partial charge >= 0.3 is 18.2 Å². The van der Waals surface area contributed by atoms with Crippen molar-refractivity contribution < 1.29 is 27.2 Å². The summed E-state index contributed by atoms with van der Waals surface area (Å²) in [6.07, 6.45) is -3.67. The van der Waals surface area contributed by atoms with E-state index in [0.29, 0.717) is 11.1 Å². The molecule has 1 aromatic carbocycles. The van der Waals surface area contributed by atoms with E-state index in [0.717, 1.165) is 11.4 Å². The first-order valence-electron chi connectivity index (χ1n) is 8.75. The molecule has 0 saturated heterocycles. The van der Waals surface area contributed by atoms with Gasteiger partial charge in [0, 0.05) is 38.0 Å². The Morgan fingerprint density at radius 1 is 1.13 bits per heavy atom. The number of pyridine rings is 1. The Morgan fingerprint density at radius 3 is 2.40 bits per heavy atom. The molecule has 0 aliphatic carbocycles. The molecule has 30 heavy (non-hydrogen) atoms. The molecule has 0 aliphatic heterocycles. The smallest absolute Gasteiger partial charge is 0.445 e. The summed E-state index contributed by atoms with van der Waals surface area (Å²) >= 11 is 0. The average Bonchev–Trinajstić information content (AvgIpc) is 3.22. The molecule has 8 nitrogen and oxygen atoms in total. The van der Waals surface area contributed by atoms with Crippen molar-refractivity contribution in [3.8, 4) is 11.4 Å². The number of nitrogens with zero attached hydrogens (tertiary/aromatic N) is 4. The Hall–Kier alpha value is -3.63. The SMILES string of the molecule is CN(C)c1ccc(COC(=O)NCc2ccc(-c3noc(C(F)(F)F)n3)cc2)cn1. The first kappa shape index (κ1) is 21.1. The average molecular weight is 421 g/mol. The van der Waals surface area contributed by atoms with E-state index >= 15 is 0 Å². The third-order valence-corrected chi connectivity index (χ3v) is 3.95. The highest BCUT2D eigenvalue weighted by Crippen LogP contribution is 2.29. The zero-order valence-corrected chi connectivity index (χ0v) is 16.1. The summed E-state index contributed by atoms with van der Waals surface area (Å²) in [6.45, 7) is 0.252. The van der Waals surface area contributed by atoms with Crippen LogP contribution in [-0.4, -0.2) is 35.3 Å². The predicted molar refractivity (Wildman–Crippen MR) is 100 cm³/mol. The number of nitrogens with one attached hydrogen (secondary N) is 1. The number of halogens is 3. The molecule has 2 heterocycles. The second kappa shape index (κ2) is 8.80. The summed E-state index contributed by atoms with van der Waals surface area (Å²) in [4.78, 5) is 21.3. The minimum atomic E-state index is -4.69. The number of ether oxygens (including phenoxy) is 1. The van der Waals surface area contributed by atoms with Crippen molar-refractivity contribution in [2.45, 2.75) is 19.3 Å². The second-order valence-electron chi connectivity index (χ2n) is 6.47. The number of carbonyl (C=O) groups is 1. The zero-order chi connectivity index (χ0) is 21.7. The monoisotopic (exact) mass is 421 g/mol. The van der Waals surface area contributed by atoms with Crippen molar-refractivity contribution in [2.75, 3.05) is 19.0 Å². The van der Waals surface area contributed by atoms with E-state index in [1.54, 1.807) is 18.3 Å². The van der Waals surface area contributed by atoms with E-state index in [9.17, 15) is 18.0 Å². The van der Waals surface area contributed by atoms with E-state index in [1.165, 1.54) is 12.1 Å². The number of rotatable bonds is 6. The molecule has 0 atom stereocenters. The van der Waals surface area contributed by atoms with Gasteiger partial charge in [-0.25, -0.2) is 9.78 Å². The number of carbonyl (C=O) groups excluding carboxylic acids is 1. The lowest BCUT2D eigenvalue weighted by atomic mass is 10.1. The molecule has 0 spiro atoms. The molecule has 0 aliphatic rings. The molecule has 0 fully saturated rings. The van der Waals surface area contributed by atoms with Crippen LogP contribution in [0.4, 0.5) is 23.8 Å². The summed E-state index contributed by atoms with van der Waals surface area (Å²) < 4.78 is 46.9. The van der Waals surface area contributed by atoms with Crippen molar-refractivity contribution in [3.05, 3.63) is 59.6 Å². The molecule has 0 bridgehead atoms. The molecule has 3 rings (SSSR count). The number of amides is 1. The van der Waals surface area contributed by atoms with Gasteiger partial charge in [0.25, 0.3) is 0 Å². The molecule has 0 unspecified atom stereocenters. The number of hydrogen-bond donors (Lipinski definition) is 1. The zero-order valence-electron chi connectivity index (χ0n) is 16.1. The van der Waals surface area contributed by atoms with Crippen molar-refractivity contribution >= 4 is 11.9 Å². The van der Waals surface area contributed by atoms with E-state index in [4.69, 9.17) is 4.74 Å². The lowest BCUT2D eigenvalue weighted by Gasteiger charge is -2.11. The third kappa shape index (κ3) is 5.46. The molecule has 0 radical (unpaired) electrons. The Balaban J connectivity index is 1.48.